The van der Waals surface area contributed by atoms with E-state index in [2.05, 4.69) is 49.8 Å². The van der Waals surface area contributed by atoms with Crippen LogP contribution >= 0.6 is 0 Å². The molecule has 1 aliphatic heterocycles. The van der Waals surface area contributed by atoms with E-state index in [1.54, 1.807) is 0 Å². The van der Waals surface area contributed by atoms with Gasteiger partial charge in [-0.2, -0.15) is 0 Å². The minimum absolute atomic E-state index is 0.555. The van der Waals surface area contributed by atoms with Gasteiger partial charge < -0.3 is 9.88 Å². The molecule has 1 aromatic carbocycles. The molecule has 1 saturated heterocycles. The maximum absolute atomic E-state index is 4.70. The fraction of sp³-hybridized carbons (Fsp3) is 0.471. The monoisotopic (exact) mass is 269 g/mol. The van der Waals surface area contributed by atoms with Gasteiger partial charge >= 0.3 is 0 Å². The molecule has 1 unspecified atom stereocenters. The van der Waals surface area contributed by atoms with Crippen molar-refractivity contribution in [2.24, 2.45) is 7.05 Å². The van der Waals surface area contributed by atoms with E-state index in [0.717, 1.165) is 13.1 Å². The number of benzene rings is 1. The van der Waals surface area contributed by atoms with Crippen molar-refractivity contribution in [1.82, 2.24) is 14.9 Å². The zero-order valence-corrected chi connectivity index (χ0v) is 12.8. The van der Waals surface area contributed by atoms with Crippen LogP contribution in [-0.4, -0.2) is 22.6 Å². The van der Waals surface area contributed by atoms with E-state index in [1.807, 2.05) is 6.20 Å². The van der Waals surface area contributed by atoms with Gasteiger partial charge in [-0.25, -0.2) is 4.98 Å². The quantitative estimate of drug-likeness (QED) is 0.908. The van der Waals surface area contributed by atoms with Gasteiger partial charge in [-0.3, -0.25) is 0 Å². The van der Waals surface area contributed by atoms with Crippen LogP contribution in [0.2, 0.25) is 0 Å². The van der Waals surface area contributed by atoms with Crippen molar-refractivity contribution < 1.29 is 0 Å². The fourth-order valence-electron chi connectivity index (χ4n) is 3.49. The number of imidazole rings is 1. The van der Waals surface area contributed by atoms with Crippen molar-refractivity contribution in [2.45, 2.75) is 33.1 Å². The van der Waals surface area contributed by atoms with Crippen molar-refractivity contribution in [2.75, 3.05) is 13.1 Å². The topological polar surface area (TPSA) is 29.9 Å². The Morgan fingerprint density at radius 3 is 2.50 bits per heavy atom. The second-order valence-corrected chi connectivity index (χ2v) is 6.02. The third kappa shape index (κ3) is 2.16. The van der Waals surface area contributed by atoms with Crippen LogP contribution in [-0.2, 0) is 7.05 Å². The first kappa shape index (κ1) is 13.4. The molecular weight excluding hydrogens is 246 g/mol. The van der Waals surface area contributed by atoms with Crippen LogP contribution in [0.4, 0.5) is 0 Å². The molecule has 0 aliphatic carbocycles. The van der Waals surface area contributed by atoms with Gasteiger partial charge in [0.1, 0.15) is 5.82 Å². The lowest BCUT2D eigenvalue weighted by Gasteiger charge is -2.14. The molecule has 1 fully saturated rings. The number of nitrogens with zero attached hydrogens (tertiary/aromatic N) is 2. The summed E-state index contributed by atoms with van der Waals surface area (Å²) in [5, 5.41) is 3.42. The minimum Gasteiger partial charge on any atom is -0.331 e. The summed E-state index contributed by atoms with van der Waals surface area (Å²) in [5.41, 5.74) is 6.57. The van der Waals surface area contributed by atoms with Crippen LogP contribution < -0.4 is 5.32 Å². The first-order chi connectivity index (χ1) is 9.58. The summed E-state index contributed by atoms with van der Waals surface area (Å²) >= 11 is 0. The third-order valence-corrected chi connectivity index (χ3v) is 4.38. The van der Waals surface area contributed by atoms with E-state index in [-0.39, 0.29) is 0 Å². The number of hydrogen-bond acceptors (Lipinski definition) is 2. The molecule has 3 nitrogen and oxygen atoms in total. The molecule has 2 heterocycles. The third-order valence-electron chi connectivity index (χ3n) is 4.38. The van der Waals surface area contributed by atoms with Crippen molar-refractivity contribution in [3.8, 4) is 11.3 Å². The molecule has 1 atom stereocenters. The Labute approximate surface area is 121 Å². The smallest absolute Gasteiger partial charge is 0.113 e. The van der Waals surface area contributed by atoms with Gasteiger partial charge in [-0.1, -0.05) is 17.7 Å². The van der Waals surface area contributed by atoms with Gasteiger partial charge in [0, 0.05) is 25.1 Å². The Balaban J connectivity index is 2.07. The molecule has 0 amide bonds. The average Bonchev–Trinajstić information content (AvgIpc) is 2.99. The Bertz CT molecular complexity index is 611. The van der Waals surface area contributed by atoms with E-state index < -0.39 is 0 Å². The zero-order chi connectivity index (χ0) is 14.3. The highest BCUT2D eigenvalue weighted by atomic mass is 15.1. The highest BCUT2D eigenvalue weighted by Gasteiger charge is 2.22. The molecule has 1 aliphatic rings. The predicted molar refractivity (Wildman–Crippen MR) is 83.1 cm³/mol. The number of nitrogens with one attached hydrogen (secondary N) is 1. The summed E-state index contributed by atoms with van der Waals surface area (Å²) in [6, 6.07) is 4.51. The van der Waals surface area contributed by atoms with Crippen LogP contribution in [0.1, 0.15) is 34.9 Å². The molecule has 3 rings (SSSR count). The van der Waals surface area contributed by atoms with E-state index >= 15 is 0 Å². The number of hydrogen-bond donors (Lipinski definition) is 1. The zero-order valence-electron chi connectivity index (χ0n) is 12.8. The number of aryl methyl sites for hydroxylation is 3. The van der Waals surface area contributed by atoms with Crippen LogP contribution in [0, 0.1) is 20.8 Å². The summed E-state index contributed by atoms with van der Waals surface area (Å²) in [4.78, 5) is 4.70. The molecule has 0 bridgehead atoms. The van der Waals surface area contributed by atoms with Crippen LogP contribution in [0.3, 0.4) is 0 Å². The summed E-state index contributed by atoms with van der Waals surface area (Å²) in [6.45, 7) is 8.70. The Kier molecular flexibility index (Phi) is 3.38. The first-order valence-corrected chi connectivity index (χ1v) is 7.38. The Hall–Kier alpha value is -1.61. The highest BCUT2D eigenvalue weighted by molar-refractivity contribution is 5.68. The molecule has 0 saturated carbocycles. The molecule has 0 radical (unpaired) electrons. The predicted octanol–water partition coefficient (Wildman–Crippen LogP) is 3.09. The molecule has 1 N–H and O–H groups in total. The van der Waals surface area contributed by atoms with Gasteiger partial charge in [-0.05, 0) is 44.9 Å². The first-order valence-electron chi connectivity index (χ1n) is 7.38. The van der Waals surface area contributed by atoms with E-state index in [1.165, 1.54) is 40.2 Å². The standard InChI is InChI=1S/C17H23N3/c1-11-7-12(2)16(13(3)8-11)15-10-19-17(20(15)4)14-5-6-18-9-14/h7-8,10,14,18H,5-6,9H2,1-4H3. The SMILES string of the molecule is Cc1cc(C)c(-c2cnc(C3CCNC3)n2C)c(C)c1. The lowest BCUT2D eigenvalue weighted by Crippen LogP contribution is -2.11. The van der Waals surface area contributed by atoms with E-state index in [0.29, 0.717) is 5.92 Å². The molecule has 0 spiro atoms. The Morgan fingerprint density at radius 1 is 1.20 bits per heavy atom. The van der Waals surface area contributed by atoms with E-state index in [9.17, 15) is 0 Å². The lowest BCUT2D eigenvalue weighted by atomic mass is 9.97. The van der Waals surface area contributed by atoms with Crippen LogP contribution in [0.5, 0.6) is 0 Å². The lowest BCUT2D eigenvalue weighted by molar-refractivity contribution is 0.662. The minimum atomic E-state index is 0.555. The highest BCUT2D eigenvalue weighted by Crippen LogP contribution is 2.31. The van der Waals surface area contributed by atoms with Crippen molar-refractivity contribution in [3.63, 3.8) is 0 Å². The van der Waals surface area contributed by atoms with Gasteiger partial charge in [0.05, 0.1) is 11.9 Å². The second-order valence-electron chi connectivity index (χ2n) is 6.02. The van der Waals surface area contributed by atoms with E-state index in [4.69, 9.17) is 4.98 Å². The van der Waals surface area contributed by atoms with Crippen molar-refractivity contribution in [1.29, 1.82) is 0 Å². The molecule has 2 aromatic rings. The van der Waals surface area contributed by atoms with Crippen LogP contribution in [0.25, 0.3) is 11.3 Å². The Morgan fingerprint density at radius 2 is 1.90 bits per heavy atom. The van der Waals surface area contributed by atoms with Gasteiger partial charge in [0.2, 0.25) is 0 Å². The molecule has 106 valence electrons. The molecule has 3 heteroatoms. The largest absolute Gasteiger partial charge is 0.331 e. The fourth-order valence-corrected chi connectivity index (χ4v) is 3.49. The maximum atomic E-state index is 4.70. The number of rotatable bonds is 2. The maximum Gasteiger partial charge on any atom is 0.113 e. The summed E-state index contributed by atoms with van der Waals surface area (Å²) < 4.78 is 2.28. The van der Waals surface area contributed by atoms with Gasteiger partial charge in [-0.15, -0.1) is 0 Å². The average molecular weight is 269 g/mol. The molecule has 1 aromatic heterocycles. The van der Waals surface area contributed by atoms with Gasteiger partial charge in [0.25, 0.3) is 0 Å². The van der Waals surface area contributed by atoms with Crippen molar-refractivity contribution >= 4 is 0 Å². The molecule has 20 heavy (non-hydrogen) atoms. The molecular formula is C17H23N3. The normalized spacial score (nSPS) is 18.7. The summed E-state index contributed by atoms with van der Waals surface area (Å²) in [6.07, 6.45) is 3.23. The summed E-state index contributed by atoms with van der Waals surface area (Å²) in [7, 11) is 2.15. The van der Waals surface area contributed by atoms with Crippen molar-refractivity contribution in [3.05, 3.63) is 40.8 Å². The number of aromatic nitrogens is 2. The second kappa shape index (κ2) is 5.06. The van der Waals surface area contributed by atoms with Gasteiger partial charge in [0.15, 0.2) is 0 Å². The summed E-state index contributed by atoms with van der Waals surface area (Å²) in [5.74, 6) is 1.77. The van der Waals surface area contributed by atoms with Crippen LogP contribution in [0.15, 0.2) is 18.3 Å².